The Morgan fingerprint density at radius 1 is 0.731 bits per heavy atom. The Bertz CT molecular complexity index is 491. The Morgan fingerprint density at radius 3 is 1.50 bits per heavy atom. The van der Waals surface area contributed by atoms with Crippen molar-refractivity contribution in [1.82, 2.24) is 4.72 Å². The van der Waals surface area contributed by atoms with Crippen LogP contribution in [0.25, 0.3) is 0 Å². The molecule has 1 N–H and O–H groups in total. The van der Waals surface area contributed by atoms with Gasteiger partial charge < -0.3 is 0 Å². The molecule has 0 aliphatic heterocycles. The van der Waals surface area contributed by atoms with Crippen molar-refractivity contribution < 1.29 is 34.8 Å². The van der Waals surface area contributed by atoms with Crippen LogP contribution in [0.15, 0.2) is 0 Å². The Hall–Kier alpha value is -0.510. The van der Waals surface area contributed by atoms with Crippen LogP contribution in [0.4, 0.5) is 26.3 Å². The van der Waals surface area contributed by atoms with Crippen LogP contribution in [-0.2, 0) is 10.0 Å². The fraction of sp³-hybridized carbons (Fsp3) is 1.00. The van der Waals surface area contributed by atoms with Crippen LogP contribution in [0, 0.1) is 0 Å². The van der Waals surface area contributed by atoms with Gasteiger partial charge in [0.2, 0.25) is 0 Å². The number of hydrogen-bond donors (Lipinski definition) is 1. The Kier molecular flexibility index (Phi) is 10.5. The maximum atomic E-state index is 13.4. The van der Waals surface area contributed by atoms with Crippen molar-refractivity contribution in [3.63, 3.8) is 0 Å². The molecule has 0 saturated heterocycles. The van der Waals surface area contributed by atoms with Crippen molar-refractivity contribution in [3.05, 3.63) is 0 Å². The largest absolute Gasteiger partial charge is 0.426 e. The summed E-state index contributed by atoms with van der Waals surface area (Å²) < 4.78 is 102. The summed E-state index contributed by atoms with van der Waals surface area (Å²) in [5.74, 6) is -11.2. The highest BCUT2D eigenvalue weighted by Gasteiger charge is 2.75. The Labute approximate surface area is 152 Å². The summed E-state index contributed by atoms with van der Waals surface area (Å²) in [6.07, 6.45) is 9.19. The molecule has 10 heteroatoms. The molecule has 0 saturated carbocycles. The van der Waals surface area contributed by atoms with E-state index in [2.05, 4.69) is 6.92 Å². The van der Waals surface area contributed by atoms with E-state index in [1.165, 1.54) is 17.6 Å². The van der Waals surface area contributed by atoms with Gasteiger partial charge in [-0.25, -0.2) is 13.1 Å². The number of hydrogen-bond acceptors (Lipinski definition) is 2. The fourth-order valence-electron chi connectivity index (χ4n) is 2.33. The van der Waals surface area contributed by atoms with Crippen LogP contribution in [0.2, 0.25) is 0 Å². The van der Waals surface area contributed by atoms with Crippen LogP contribution < -0.4 is 4.72 Å². The second-order valence-corrected chi connectivity index (χ2v) is 8.37. The number of halogens is 6. The predicted octanol–water partition coefficient (Wildman–Crippen LogP) is 5.71. The first kappa shape index (κ1) is 25.5. The van der Waals surface area contributed by atoms with Gasteiger partial charge in [0.15, 0.2) is 0 Å². The van der Waals surface area contributed by atoms with Crippen LogP contribution in [-0.4, -0.2) is 32.1 Å². The molecule has 3 nitrogen and oxygen atoms in total. The van der Waals surface area contributed by atoms with Crippen molar-refractivity contribution in [1.29, 1.82) is 0 Å². The standard InChI is InChI=1S/C16H29F6NO2S/c1-3-4-5-6-7-8-9-10-11-12-13-23-26(24,25)16(21,22)15(19,20)14(2,17)18/h23H,3-13H2,1-2H3. The highest BCUT2D eigenvalue weighted by molar-refractivity contribution is 7.90. The molecule has 0 bridgehead atoms. The smallest absolute Gasteiger partial charge is 0.210 e. The number of nitrogens with one attached hydrogen (secondary N) is 1. The molecule has 26 heavy (non-hydrogen) atoms. The quantitative estimate of drug-likeness (QED) is 0.276. The molecule has 0 aromatic heterocycles. The molecule has 0 fully saturated rings. The summed E-state index contributed by atoms with van der Waals surface area (Å²) in [4.78, 5) is 0. The topological polar surface area (TPSA) is 46.2 Å². The van der Waals surface area contributed by atoms with Gasteiger partial charge in [0.25, 0.3) is 10.0 Å². The van der Waals surface area contributed by atoms with Gasteiger partial charge in [-0.1, -0.05) is 64.7 Å². The summed E-state index contributed by atoms with van der Waals surface area (Å²) in [5.41, 5.74) is 0. The number of rotatable bonds is 15. The van der Waals surface area contributed by atoms with E-state index in [1.807, 2.05) is 0 Å². The molecule has 0 heterocycles. The van der Waals surface area contributed by atoms with Crippen LogP contribution in [0.1, 0.15) is 78.1 Å². The van der Waals surface area contributed by atoms with Crippen molar-refractivity contribution in [3.8, 4) is 0 Å². The third-order valence-electron chi connectivity index (χ3n) is 4.08. The van der Waals surface area contributed by atoms with Crippen LogP contribution >= 0.6 is 0 Å². The van der Waals surface area contributed by atoms with Crippen molar-refractivity contribution in [2.45, 2.75) is 95.2 Å². The molecule has 0 aliphatic carbocycles. The summed E-state index contributed by atoms with van der Waals surface area (Å²) in [7, 11) is -5.92. The minimum Gasteiger partial charge on any atom is -0.210 e. The molecule has 0 radical (unpaired) electrons. The van der Waals surface area contributed by atoms with E-state index in [4.69, 9.17) is 0 Å². The van der Waals surface area contributed by atoms with E-state index in [0.29, 0.717) is 6.42 Å². The lowest BCUT2D eigenvalue weighted by Crippen LogP contribution is -2.59. The van der Waals surface area contributed by atoms with Gasteiger partial charge in [-0.3, -0.25) is 0 Å². The zero-order valence-corrected chi connectivity index (χ0v) is 16.1. The Morgan fingerprint density at radius 2 is 1.12 bits per heavy atom. The highest BCUT2D eigenvalue weighted by Crippen LogP contribution is 2.47. The fourth-order valence-corrected chi connectivity index (χ4v) is 3.44. The van der Waals surface area contributed by atoms with E-state index < -0.39 is 40.6 Å². The lowest BCUT2D eigenvalue weighted by molar-refractivity contribution is -0.271. The lowest BCUT2D eigenvalue weighted by atomic mass is 10.1. The second-order valence-electron chi connectivity index (χ2n) is 6.56. The van der Waals surface area contributed by atoms with Gasteiger partial charge in [0.05, 0.1) is 0 Å². The molecule has 0 amide bonds. The summed E-state index contributed by atoms with van der Waals surface area (Å²) in [6.45, 7) is 1.18. The predicted molar refractivity (Wildman–Crippen MR) is 89.3 cm³/mol. The SMILES string of the molecule is CCCCCCCCCCCCNS(=O)(=O)C(F)(F)C(F)(F)C(C)(F)F. The van der Waals surface area contributed by atoms with Gasteiger partial charge in [0.1, 0.15) is 0 Å². The Balaban J connectivity index is 4.15. The van der Waals surface area contributed by atoms with Crippen molar-refractivity contribution >= 4 is 10.0 Å². The molecule has 0 aliphatic rings. The summed E-state index contributed by atoms with van der Waals surface area (Å²) in [5, 5.41) is -5.91. The van der Waals surface area contributed by atoms with Crippen molar-refractivity contribution in [2.24, 2.45) is 0 Å². The highest BCUT2D eigenvalue weighted by atomic mass is 32.2. The average Bonchev–Trinajstić information content (AvgIpc) is 2.51. The lowest BCUT2D eigenvalue weighted by Gasteiger charge is -2.30. The molecule has 0 aromatic rings. The first-order chi connectivity index (χ1) is 11.8. The van der Waals surface area contributed by atoms with Gasteiger partial charge in [-0.15, -0.1) is 0 Å². The maximum absolute atomic E-state index is 13.4. The van der Waals surface area contributed by atoms with Gasteiger partial charge >= 0.3 is 17.1 Å². The van der Waals surface area contributed by atoms with E-state index in [1.54, 1.807) is 0 Å². The second kappa shape index (κ2) is 10.7. The van der Waals surface area contributed by atoms with E-state index >= 15 is 0 Å². The van der Waals surface area contributed by atoms with Gasteiger partial charge in [-0.05, 0) is 6.42 Å². The number of sulfonamides is 1. The summed E-state index contributed by atoms with van der Waals surface area (Å²) in [6, 6.07) is 0. The molecular formula is C16H29F6NO2S. The summed E-state index contributed by atoms with van der Waals surface area (Å²) >= 11 is 0. The maximum Gasteiger partial charge on any atom is 0.426 e. The molecule has 0 unspecified atom stereocenters. The minimum atomic E-state index is -6.01. The zero-order valence-electron chi connectivity index (χ0n) is 15.3. The zero-order chi connectivity index (χ0) is 20.5. The molecule has 0 spiro atoms. The average molecular weight is 413 g/mol. The normalized spacial score (nSPS) is 14.0. The molecular weight excluding hydrogens is 384 g/mol. The van der Waals surface area contributed by atoms with Crippen molar-refractivity contribution in [2.75, 3.05) is 6.54 Å². The van der Waals surface area contributed by atoms with E-state index in [0.717, 1.165) is 38.5 Å². The van der Waals surface area contributed by atoms with E-state index in [9.17, 15) is 34.8 Å². The van der Waals surface area contributed by atoms with Crippen LogP contribution in [0.3, 0.4) is 0 Å². The van der Waals surface area contributed by atoms with Crippen LogP contribution in [0.5, 0.6) is 0 Å². The first-order valence-electron chi connectivity index (χ1n) is 8.94. The molecule has 0 rings (SSSR count). The number of alkyl halides is 6. The van der Waals surface area contributed by atoms with E-state index in [-0.39, 0.29) is 6.42 Å². The molecule has 0 aromatic carbocycles. The third kappa shape index (κ3) is 7.25. The monoisotopic (exact) mass is 413 g/mol. The first-order valence-corrected chi connectivity index (χ1v) is 10.4. The van der Waals surface area contributed by atoms with Gasteiger partial charge in [-0.2, -0.15) is 26.3 Å². The molecule has 0 atom stereocenters. The number of unbranched alkanes of at least 4 members (excludes halogenated alkanes) is 9. The minimum absolute atomic E-state index is 0.166. The third-order valence-corrected chi connectivity index (χ3v) is 5.59. The molecule has 158 valence electrons. The van der Waals surface area contributed by atoms with Gasteiger partial charge in [0, 0.05) is 13.5 Å².